The number of sulfonamides is 1. The number of ether oxygens (including phenoxy) is 1. The molecule has 128 valence electrons. The minimum Gasteiger partial charge on any atom is -0.497 e. The van der Waals surface area contributed by atoms with E-state index in [9.17, 15) is 8.42 Å². The first-order valence-corrected chi connectivity index (χ1v) is 10.6. The average Bonchev–Trinajstić information content (AvgIpc) is 3.07. The number of hydrogen-bond acceptors (Lipinski definition) is 3. The number of hydrogen-bond donors (Lipinski definition) is 0. The predicted molar refractivity (Wildman–Crippen MR) is 101 cm³/mol. The SMILES string of the molecule is COc1cccc([C@H]2CCCN2S(=O)(=O)c2cc(Br)ccc2Br)c1. The van der Waals surface area contributed by atoms with Crippen LogP contribution < -0.4 is 4.74 Å². The van der Waals surface area contributed by atoms with Gasteiger partial charge in [-0.3, -0.25) is 0 Å². The van der Waals surface area contributed by atoms with Crippen molar-refractivity contribution in [2.75, 3.05) is 13.7 Å². The fourth-order valence-electron chi connectivity index (χ4n) is 3.01. The Labute approximate surface area is 159 Å². The lowest BCUT2D eigenvalue weighted by atomic mass is 10.1. The summed E-state index contributed by atoms with van der Waals surface area (Å²) in [7, 11) is -1.98. The molecule has 3 rings (SSSR count). The molecule has 0 aliphatic carbocycles. The third-order valence-electron chi connectivity index (χ3n) is 4.16. The zero-order valence-corrected chi connectivity index (χ0v) is 17.1. The van der Waals surface area contributed by atoms with E-state index in [2.05, 4.69) is 31.9 Å². The molecule has 0 radical (unpaired) electrons. The van der Waals surface area contributed by atoms with E-state index >= 15 is 0 Å². The largest absolute Gasteiger partial charge is 0.497 e. The molecular formula is C17H17Br2NO3S. The van der Waals surface area contributed by atoms with E-state index in [1.54, 1.807) is 23.5 Å². The maximum absolute atomic E-state index is 13.2. The summed E-state index contributed by atoms with van der Waals surface area (Å²) in [5, 5.41) is 0. The number of benzene rings is 2. The normalized spacial score (nSPS) is 18.7. The van der Waals surface area contributed by atoms with Gasteiger partial charge in [0.05, 0.1) is 18.0 Å². The minimum absolute atomic E-state index is 0.170. The summed E-state index contributed by atoms with van der Waals surface area (Å²) in [5.74, 6) is 0.736. The van der Waals surface area contributed by atoms with Crippen LogP contribution in [0.15, 0.2) is 56.3 Å². The molecule has 2 aromatic carbocycles. The summed E-state index contributed by atoms with van der Waals surface area (Å²) < 4.78 is 34.6. The van der Waals surface area contributed by atoms with Gasteiger partial charge in [0.25, 0.3) is 0 Å². The molecule has 4 nitrogen and oxygen atoms in total. The highest BCUT2D eigenvalue weighted by Gasteiger charge is 2.37. The van der Waals surface area contributed by atoms with Gasteiger partial charge in [-0.05, 0) is 64.7 Å². The van der Waals surface area contributed by atoms with Crippen molar-refractivity contribution < 1.29 is 13.2 Å². The average molecular weight is 475 g/mol. The zero-order chi connectivity index (χ0) is 17.3. The van der Waals surface area contributed by atoms with E-state index in [-0.39, 0.29) is 10.9 Å². The molecule has 1 fully saturated rings. The van der Waals surface area contributed by atoms with E-state index in [1.165, 1.54) is 0 Å². The van der Waals surface area contributed by atoms with Gasteiger partial charge in [0.1, 0.15) is 5.75 Å². The van der Waals surface area contributed by atoms with Crippen molar-refractivity contribution in [3.05, 3.63) is 57.0 Å². The Kier molecular flexibility index (Phi) is 5.34. The van der Waals surface area contributed by atoms with E-state index in [1.807, 2.05) is 30.3 Å². The van der Waals surface area contributed by atoms with E-state index in [0.29, 0.717) is 11.0 Å². The predicted octanol–water partition coefficient (Wildman–Crippen LogP) is 4.75. The van der Waals surface area contributed by atoms with Crippen molar-refractivity contribution >= 4 is 41.9 Å². The zero-order valence-electron chi connectivity index (χ0n) is 13.1. The third-order valence-corrected chi connectivity index (χ3v) is 7.56. The Balaban J connectivity index is 2.01. The van der Waals surface area contributed by atoms with Crippen LogP contribution in [0.5, 0.6) is 5.75 Å². The van der Waals surface area contributed by atoms with Crippen molar-refractivity contribution in [2.45, 2.75) is 23.8 Å². The first-order valence-electron chi connectivity index (χ1n) is 7.54. The van der Waals surface area contributed by atoms with E-state index in [0.717, 1.165) is 28.6 Å². The van der Waals surface area contributed by atoms with Crippen LogP contribution in [0.2, 0.25) is 0 Å². The van der Waals surface area contributed by atoms with Gasteiger partial charge in [-0.2, -0.15) is 4.31 Å². The number of methoxy groups -OCH3 is 1. The Hall–Kier alpha value is -0.890. The molecule has 0 amide bonds. The van der Waals surface area contributed by atoms with Crippen molar-refractivity contribution in [2.24, 2.45) is 0 Å². The highest BCUT2D eigenvalue weighted by molar-refractivity contribution is 9.11. The molecule has 1 saturated heterocycles. The van der Waals surface area contributed by atoms with Crippen LogP contribution in [0.3, 0.4) is 0 Å². The van der Waals surface area contributed by atoms with Crippen molar-refractivity contribution in [1.82, 2.24) is 4.31 Å². The lowest BCUT2D eigenvalue weighted by Gasteiger charge is -2.25. The van der Waals surface area contributed by atoms with Gasteiger partial charge >= 0.3 is 0 Å². The summed E-state index contributed by atoms with van der Waals surface area (Å²) in [5.41, 5.74) is 0.960. The van der Waals surface area contributed by atoms with Crippen molar-refractivity contribution in [3.8, 4) is 5.75 Å². The number of halogens is 2. The molecule has 1 heterocycles. The molecule has 0 N–H and O–H groups in total. The van der Waals surface area contributed by atoms with Gasteiger partial charge < -0.3 is 4.74 Å². The fourth-order valence-corrected chi connectivity index (χ4v) is 6.16. The molecular weight excluding hydrogens is 458 g/mol. The second-order valence-corrected chi connectivity index (χ2v) is 9.25. The second-order valence-electron chi connectivity index (χ2n) is 5.63. The van der Waals surface area contributed by atoms with Crippen LogP contribution in [0, 0.1) is 0 Å². The van der Waals surface area contributed by atoms with Crippen LogP contribution >= 0.6 is 31.9 Å². The van der Waals surface area contributed by atoms with Gasteiger partial charge in [0.15, 0.2) is 0 Å². The van der Waals surface area contributed by atoms with Crippen molar-refractivity contribution in [3.63, 3.8) is 0 Å². The van der Waals surface area contributed by atoms with Crippen LogP contribution in [-0.4, -0.2) is 26.4 Å². The third kappa shape index (κ3) is 3.40. The highest BCUT2D eigenvalue weighted by Crippen LogP contribution is 2.39. The van der Waals surface area contributed by atoms with E-state index < -0.39 is 10.0 Å². The van der Waals surface area contributed by atoms with Crippen molar-refractivity contribution in [1.29, 1.82) is 0 Å². The summed E-state index contributed by atoms with van der Waals surface area (Å²) in [6.07, 6.45) is 1.64. The van der Waals surface area contributed by atoms with Gasteiger partial charge in [-0.1, -0.05) is 28.1 Å². The van der Waals surface area contributed by atoms with Crippen LogP contribution in [0.25, 0.3) is 0 Å². The van der Waals surface area contributed by atoms with Gasteiger partial charge in [0, 0.05) is 15.5 Å². The highest BCUT2D eigenvalue weighted by atomic mass is 79.9. The summed E-state index contributed by atoms with van der Waals surface area (Å²) in [6, 6.07) is 12.6. The Morgan fingerprint density at radius 1 is 1.17 bits per heavy atom. The maximum atomic E-state index is 13.2. The lowest BCUT2D eigenvalue weighted by molar-refractivity contribution is 0.390. The first kappa shape index (κ1) is 17.9. The smallest absolute Gasteiger partial charge is 0.244 e. The first-order chi connectivity index (χ1) is 11.4. The molecule has 24 heavy (non-hydrogen) atoms. The molecule has 0 bridgehead atoms. The maximum Gasteiger partial charge on any atom is 0.244 e. The van der Waals surface area contributed by atoms with Crippen LogP contribution in [0.1, 0.15) is 24.4 Å². The second kappa shape index (κ2) is 7.15. The Morgan fingerprint density at radius 3 is 2.71 bits per heavy atom. The molecule has 0 saturated carbocycles. The monoisotopic (exact) mass is 473 g/mol. The molecule has 1 aliphatic rings. The molecule has 1 aliphatic heterocycles. The number of rotatable bonds is 4. The molecule has 1 atom stereocenters. The van der Waals surface area contributed by atoms with Gasteiger partial charge in [0.2, 0.25) is 10.0 Å². The van der Waals surface area contributed by atoms with E-state index in [4.69, 9.17) is 4.74 Å². The summed E-state index contributed by atoms with van der Waals surface area (Å²) in [6.45, 7) is 0.517. The molecule has 0 aromatic heterocycles. The number of nitrogens with zero attached hydrogens (tertiary/aromatic N) is 1. The molecule has 7 heteroatoms. The Morgan fingerprint density at radius 2 is 1.96 bits per heavy atom. The van der Waals surface area contributed by atoms with Gasteiger partial charge in [-0.15, -0.1) is 0 Å². The van der Waals surface area contributed by atoms with Crippen LogP contribution in [-0.2, 0) is 10.0 Å². The van der Waals surface area contributed by atoms with Crippen LogP contribution in [0.4, 0.5) is 0 Å². The van der Waals surface area contributed by atoms with Gasteiger partial charge in [-0.25, -0.2) is 8.42 Å². The lowest BCUT2D eigenvalue weighted by Crippen LogP contribution is -2.31. The summed E-state index contributed by atoms with van der Waals surface area (Å²) in [4.78, 5) is 0.284. The molecule has 0 spiro atoms. The quantitative estimate of drug-likeness (QED) is 0.642. The molecule has 0 unspecified atom stereocenters. The summed E-state index contributed by atoms with van der Waals surface area (Å²) >= 11 is 6.72. The Bertz CT molecular complexity index is 855. The minimum atomic E-state index is -3.59. The fraction of sp³-hybridized carbons (Fsp3) is 0.294. The standard InChI is InChI=1S/C17H17Br2NO3S/c1-23-14-5-2-4-12(10-14)16-6-3-9-20(16)24(21,22)17-11-13(18)7-8-15(17)19/h2,4-5,7-8,10-11,16H,3,6,9H2,1H3/t16-/m1/s1. The molecule has 2 aromatic rings. The topological polar surface area (TPSA) is 46.6 Å².